The minimum Gasteiger partial charge on any atom is -0.354 e. The van der Waals surface area contributed by atoms with E-state index in [0.717, 1.165) is 43.9 Å². The maximum atomic E-state index is 5.58. The summed E-state index contributed by atoms with van der Waals surface area (Å²) in [6.45, 7) is 4.87. The highest BCUT2D eigenvalue weighted by Crippen LogP contribution is 2.26. The highest BCUT2D eigenvalue weighted by Gasteiger charge is 2.28. The molecule has 2 fully saturated rings. The van der Waals surface area contributed by atoms with E-state index in [-0.39, 0.29) is 0 Å². The Morgan fingerprint density at radius 2 is 2.00 bits per heavy atom. The number of nitrogens with zero attached hydrogens (tertiary/aromatic N) is 4. The number of hydrogen-bond acceptors (Lipinski definition) is 5. The third-order valence-electron chi connectivity index (χ3n) is 4.10. The summed E-state index contributed by atoms with van der Waals surface area (Å²) in [4.78, 5) is 13.6. The van der Waals surface area contributed by atoms with Crippen LogP contribution in [0.25, 0.3) is 0 Å². The first-order chi connectivity index (χ1) is 8.86. The van der Waals surface area contributed by atoms with Crippen LogP contribution in [0, 0.1) is 0 Å². The largest absolute Gasteiger partial charge is 0.354 e. The van der Waals surface area contributed by atoms with Gasteiger partial charge in [-0.05, 0) is 18.9 Å². The standard InChI is InChI=1S/C13H21N5/c14-10-12-15-5-4-13(16-12)18-8-6-17(7-9-18)11-2-1-3-11/h4-5,11H,1-3,6-10,14H2. The van der Waals surface area contributed by atoms with Crippen LogP contribution in [0.5, 0.6) is 0 Å². The molecule has 1 aromatic rings. The van der Waals surface area contributed by atoms with E-state index in [9.17, 15) is 0 Å². The van der Waals surface area contributed by atoms with Crippen molar-refractivity contribution in [2.75, 3.05) is 31.1 Å². The maximum Gasteiger partial charge on any atom is 0.144 e. The third-order valence-corrected chi connectivity index (χ3v) is 4.10. The minimum atomic E-state index is 0.413. The monoisotopic (exact) mass is 247 g/mol. The van der Waals surface area contributed by atoms with Crippen LogP contribution in [0.3, 0.4) is 0 Å². The summed E-state index contributed by atoms with van der Waals surface area (Å²) in [6.07, 6.45) is 6.01. The molecule has 1 aliphatic carbocycles. The highest BCUT2D eigenvalue weighted by molar-refractivity contribution is 5.38. The summed E-state index contributed by atoms with van der Waals surface area (Å²) >= 11 is 0. The number of anilines is 1. The smallest absolute Gasteiger partial charge is 0.144 e. The second kappa shape index (κ2) is 5.20. The van der Waals surface area contributed by atoms with Gasteiger partial charge in [0.1, 0.15) is 11.6 Å². The maximum absolute atomic E-state index is 5.58. The Labute approximate surface area is 108 Å². The molecular formula is C13H21N5. The number of aromatic nitrogens is 2. The van der Waals surface area contributed by atoms with Crippen LogP contribution >= 0.6 is 0 Å². The second-order valence-electron chi connectivity index (χ2n) is 5.14. The van der Waals surface area contributed by atoms with Crippen molar-refractivity contribution < 1.29 is 0 Å². The summed E-state index contributed by atoms with van der Waals surface area (Å²) in [5.74, 6) is 1.76. The Balaban J connectivity index is 1.60. The van der Waals surface area contributed by atoms with Gasteiger partial charge in [0.25, 0.3) is 0 Å². The van der Waals surface area contributed by atoms with Crippen molar-refractivity contribution in [1.29, 1.82) is 0 Å². The molecule has 3 rings (SSSR count). The SMILES string of the molecule is NCc1nccc(N2CCN(C3CCC3)CC2)n1. The molecule has 0 amide bonds. The van der Waals surface area contributed by atoms with Crippen molar-refractivity contribution in [2.45, 2.75) is 31.8 Å². The molecule has 5 nitrogen and oxygen atoms in total. The van der Waals surface area contributed by atoms with Gasteiger partial charge in [0.2, 0.25) is 0 Å². The van der Waals surface area contributed by atoms with Crippen molar-refractivity contribution in [3.8, 4) is 0 Å². The fraction of sp³-hybridized carbons (Fsp3) is 0.692. The molecule has 1 saturated carbocycles. The molecule has 1 saturated heterocycles. The van der Waals surface area contributed by atoms with E-state index in [2.05, 4.69) is 19.8 Å². The Morgan fingerprint density at radius 3 is 2.61 bits per heavy atom. The van der Waals surface area contributed by atoms with Gasteiger partial charge >= 0.3 is 0 Å². The zero-order chi connectivity index (χ0) is 12.4. The van der Waals surface area contributed by atoms with Crippen LogP contribution in [-0.2, 0) is 6.54 Å². The van der Waals surface area contributed by atoms with Crippen molar-refractivity contribution >= 4 is 5.82 Å². The predicted molar refractivity (Wildman–Crippen MR) is 71.3 cm³/mol. The van der Waals surface area contributed by atoms with E-state index in [4.69, 9.17) is 5.73 Å². The van der Waals surface area contributed by atoms with E-state index in [1.165, 1.54) is 19.3 Å². The van der Waals surface area contributed by atoms with Crippen LogP contribution in [0.4, 0.5) is 5.82 Å². The van der Waals surface area contributed by atoms with E-state index >= 15 is 0 Å². The average Bonchev–Trinajstić information content (AvgIpc) is 2.38. The van der Waals surface area contributed by atoms with E-state index in [1.54, 1.807) is 0 Å². The predicted octanol–water partition coefficient (Wildman–Crippen LogP) is 0.610. The van der Waals surface area contributed by atoms with Gasteiger partial charge in [-0.1, -0.05) is 6.42 Å². The van der Waals surface area contributed by atoms with Crippen LogP contribution in [0.1, 0.15) is 25.1 Å². The summed E-state index contributed by atoms with van der Waals surface area (Å²) in [5.41, 5.74) is 5.58. The van der Waals surface area contributed by atoms with Gasteiger partial charge in [0, 0.05) is 38.4 Å². The zero-order valence-corrected chi connectivity index (χ0v) is 10.8. The van der Waals surface area contributed by atoms with E-state index < -0.39 is 0 Å². The van der Waals surface area contributed by atoms with Crippen molar-refractivity contribution in [3.63, 3.8) is 0 Å². The first-order valence-corrected chi connectivity index (χ1v) is 6.88. The van der Waals surface area contributed by atoms with Crippen molar-refractivity contribution in [1.82, 2.24) is 14.9 Å². The summed E-state index contributed by atoms with van der Waals surface area (Å²) in [5, 5.41) is 0. The summed E-state index contributed by atoms with van der Waals surface area (Å²) in [7, 11) is 0. The Bertz CT molecular complexity index is 396. The lowest BCUT2D eigenvalue weighted by atomic mass is 9.91. The molecule has 2 N–H and O–H groups in total. The molecule has 0 bridgehead atoms. The lowest BCUT2D eigenvalue weighted by Crippen LogP contribution is -2.52. The molecule has 2 heterocycles. The molecule has 98 valence electrons. The van der Waals surface area contributed by atoms with Crippen molar-refractivity contribution in [2.24, 2.45) is 5.73 Å². The zero-order valence-electron chi connectivity index (χ0n) is 10.8. The molecule has 2 aliphatic rings. The molecule has 0 aromatic carbocycles. The van der Waals surface area contributed by atoms with Crippen LogP contribution in [0.15, 0.2) is 12.3 Å². The van der Waals surface area contributed by atoms with Gasteiger partial charge in [-0.25, -0.2) is 9.97 Å². The number of hydrogen-bond donors (Lipinski definition) is 1. The molecule has 0 radical (unpaired) electrons. The van der Waals surface area contributed by atoms with Crippen LogP contribution < -0.4 is 10.6 Å². The average molecular weight is 247 g/mol. The Kier molecular flexibility index (Phi) is 3.43. The molecule has 0 unspecified atom stereocenters. The van der Waals surface area contributed by atoms with Crippen LogP contribution in [0.2, 0.25) is 0 Å². The molecular weight excluding hydrogens is 226 g/mol. The number of piperazine rings is 1. The quantitative estimate of drug-likeness (QED) is 0.848. The first kappa shape index (κ1) is 11.9. The summed E-state index contributed by atoms with van der Waals surface area (Å²) < 4.78 is 0. The lowest BCUT2D eigenvalue weighted by Gasteiger charge is -2.43. The fourth-order valence-corrected chi connectivity index (χ4v) is 2.73. The van der Waals surface area contributed by atoms with Crippen LogP contribution in [-0.4, -0.2) is 47.1 Å². The lowest BCUT2D eigenvalue weighted by molar-refractivity contribution is 0.120. The van der Waals surface area contributed by atoms with Gasteiger partial charge in [-0.2, -0.15) is 0 Å². The van der Waals surface area contributed by atoms with E-state index in [1.807, 2.05) is 12.3 Å². The number of rotatable bonds is 3. The Morgan fingerprint density at radius 1 is 1.22 bits per heavy atom. The normalized spacial score (nSPS) is 21.9. The van der Waals surface area contributed by atoms with Gasteiger partial charge in [0.05, 0.1) is 6.54 Å². The second-order valence-corrected chi connectivity index (χ2v) is 5.14. The molecule has 0 atom stereocenters. The van der Waals surface area contributed by atoms with Gasteiger partial charge in [-0.15, -0.1) is 0 Å². The summed E-state index contributed by atoms with van der Waals surface area (Å²) in [6, 6.07) is 2.84. The van der Waals surface area contributed by atoms with Gasteiger partial charge < -0.3 is 10.6 Å². The highest BCUT2D eigenvalue weighted by atomic mass is 15.3. The minimum absolute atomic E-state index is 0.413. The third kappa shape index (κ3) is 2.33. The Hall–Kier alpha value is -1.20. The molecule has 1 aromatic heterocycles. The van der Waals surface area contributed by atoms with Gasteiger partial charge in [0.15, 0.2) is 0 Å². The van der Waals surface area contributed by atoms with E-state index in [0.29, 0.717) is 6.54 Å². The fourth-order valence-electron chi connectivity index (χ4n) is 2.73. The first-order valence-electron chi connectivity index (χ1n) is 6.88. The molecule has 1 aliphatic heterocycles. The topological polar surface area (TPSA) is 58.3 Å². The van der Waals surface area contributed by atoms with Gasteiger partial charge in [-0.3, -0.25) is 4.90 Å². The molecule has 0 spiro atoms. The van der Waals surface area contributed by atoms with Crippen molar-refractivity contribution in [3.05, 3.63) is 18.1 Å². The molecule has 18 heavy (non-hydrogen) atoms. The number of nitrogens with two attached hydrogens (primary N) is 1. The molecule has 5 heteroatoms.